The number of nitrogens with zero attached hydrogens (tertiary/aromatic N) is 3. The van der Waals surface area contributed by atoms with Crippen molar-refractivity contribution < 1.29 is 9.59 Å². The predicted octanol–water partition coefficient (Wildman–Crippen LogP) is 3.14. The van der Waals surface area contributed by atoms with Gasteiger partial charge in [-0.15, -0.1) is 0 Å². The van der Waals surface area contributed by atoms with E-state index in [4.69, 9.17) is 0 Å². The summed E-state index contributed by atoms with van der Waals surface area (Å²) >= 11 is 0. The van der Waals surface area contributed by atoms with Crippen LogP contribution in [0.15, 0.2) is 24.4 Å². The van der Waals surface area contributed by atoms with Gasteiger partial charge in [-0.05, 0) is 60.5 Å². The summed E-state index contributed by atoms with van der Waals surface area (Å²) in [4.78, 5) is 32.7. The topological polar surface area (TPSA) is 78.7 Å². The van der Waals surface area contributed by atoms with Crippen LogP contribution in [0.5, 0.6) is 0 Å². The van der Waals surface area contributed by atoms with Gasteiger partial charge in [0, 0.05) is 38.4 Å². The Morgan fingerprint density at radius 2 is 2.09 bits per heavy atom. The van der Waals surface area contributed by atoms with Crippen LogP contribution in [0.3, 0.4) is 0 Å². The van der Waals surface area contributed by atoms with E-state index in [1.807, 2.05) is 33.7 Å². The maximum absolute atomic E-state index is 13.1. The van der Waals surface area contributed by atoms with Crippen LogP contribution in [0.25, 0.3) is 5.65 Å². The zero-order valence-electron chi connectivity index (χ0n) is 21.0. The van der Waals surface area contributed by atoms with Crippen molar-refractivity contribution in [2.75, 3.05) is 26.2 Å². The highest BCUT2D eigenvalue weighted by Crippen LogP contribution is 2.61. The minimum Gasteiger partial charge on any atom is -0.350 e. The van der Waals surface area contributed by atoms with Gasteiger partial charge in [0.15, 0.2) is 0 Å². The molecule has 2 N–H and O–H groups in total. The molecule has 0 unspecified atom stereocenters. The molecule has 3 aliphatic carbocycles. The molecule has 34 heavy (non-hydrogen) atoms. The summed E-state index contributed by atoms with van der Waals surface area (Å²) < 4.78 is 1.83. The highest BCUT2D eigenvalue weighted by atomic mass is 16.2. The van der Waals surface area contributed by atoms with Crippen LogP contribution in [0.4, 0.5) is 0 Å². The third-order valence-electron chi connectivity index (χ3n) is 9.00. The van der Waals surface area contributed by atoms with Gasteiger partial charge in [-0.25, -0.2) is 4.98 Å². The molecule has 0 radical (unpaired) electrons. The first-order valence-corrected chi connectivity index (χ1v) is 13.0. The van der Waals surface area contributed by atoms with E-state index in [1.165, 1.54) is 19.3 Å². The second-order valence-corrected chi connectivity index (χ2v) is 11.6. The molecule has 0 aromatic carbocycles. The normalized spacial score (nSPS) is 28.1. The maximum Gasteiger partial charge on any atom is 0.268 e. The molecule has 3 saturated carbocycles. The Hall–Kier alpha value is -2.41. The van der Waals surface area contributed by atoms with Gasteiger partial charge < -0.3 is 15.5 Å². The number of piperazine rings is 1. The van der Waals surface area contributed by atoms with Crippen LogP contribution in [0.1, 0.15) is 63.1 Å². The molecule has 184 valence electrons. The van der Waals surface area contributed by atoms with Crippen LogP contribution in [-0.4, -0.2) is 58.3 Å². The van der Waals surface area contributed by atoms with E-state index in [1.54, 1.807) is 0 Å². The summed E-state index contributed by atoms with van der Waals surface area (Å²) in [5.74, 6) is 2.66. The number of nitrogens with one attached hydrogen (secondary N) is 2. The largest absolute Gasteiger partial charge is 0.350 e. The molecule has 3 heterocycles. The summed E-state index contributed by atoms with van der Waals surface area (Å²) in [5.41, 5.74) is 2.40. The van der Waals surface area contributed by atoms with Crippen LogP contribution in [0, 0.1) is 29.1 Å². The summed E-state index contributed by atoms with van der Waals surface area (Å²) in [5, 5.41) is 6.70. The quantitative estimate of drug-likeness (QED) is 0.687. The van der Waals surface area contributed by atoms with Gasteiger partial charge in [-0.2, -0.15) is 0 Å². The second-order valence-electron chi connectivity index (χ2n) is 11.6. The number of carbonyl (C=O) groups is 2. The Morgan fingerprint density at radius 1 is 1.26 bits per heavy atom. The Morgan fingerprint density at radius 3 is 2.82 bits per heavy atom. The lowest BCUT2D eigenvalue weighted by Crippen LogP contribution is -2.54. The van der Waals surface area contributed by atoms with E-state index in [9.17, 15) is 9.59 Å². The minimum atomic E-state index is -0.0676. The molecule has 2 bridgehead atoms. The zero-order valence-corrected chi connectivity index (χ0v) is 21.0. The third-order valence-corrected chi connectivity index (χ3v) is 9.00. The fourth-order valence-corrected chi connectivity index (χ4v) is 6.57. The van der Waals surface area contributed by atoms with Gasteiger partial charge in [0.2, 0.25) is 5.91 Å². The Labute approximate surface area is 202 Å². The molecule has 2 aromatic rings. The molecule has 4 atom stereocenters. The number of imidazole rings is 1. The molecule has 2 amide bonds. The average molecular weight is 466 g/mol. The van der Waals surface area contributed by atoms with Crippen molar-refractivity contribution in [2.45, 2.75) is 59.4 Å². The second kappa shape index (κ2) is 8.99. The monoisotopic (exact) mass is 465 g/mol. The first kappa shape index (κ1) is 23.3. The molecule has 7 heteroatoms. The van der Waals surface area contributed by atoms with E-state index in [0.29, 0.717) is 46.2 Å². The molecule has 0 spiro atoms. The Balaban J connectivity index is 1.24. The van der Waals surface area contributed by atoms with Crippen LogP contribution in [-0.2, 0) is 11.2 Å². The predicted molar refractivity (Wildman–Crippen MR) is 133 cm³/mol. The van der Waals surface area contributed by atoms with E-state index in [2.05, 4.69) is 43.3 Å². The van der Waals surface area contributed by atoms with Crippen LogP contribution >= 0.6 is 0 Å². The van der Waals surface area contributed by atoms with Crippen molar-refractivity contribution in [1.82, 2.24) is 24.9 Å². The van der Waals surface area contributed by atoms with E-state index >= 15 is 0 Å². The summed E-state index contributed by atoms with van der Waals surface area (Å²) in [6.07, 6.45) is 5.92. The standard InChI is InChI=1S/C27H39N5O2/c1-17(2)22-16-31(11-10-28-22)25(33)13-20-15-32-23(6-5-7-24(32)30-20)26(34)29-14-18-8-9-19-12-21(18)27(19,3)4/h5-7,15,17-19,21-22,28H,8-14,16H2,1-4H3,(H,29,34)/t18-,19+,21+,22-/m0/s1. The molecule has 4 aliphatic rings. The van der Waals surface area contributed by atoms with E-state index < -0.39 is 0 Å². The molecule has 1 saturated heterocycles. The third kappa shape index (κ3) is 4.23. The first-order valence-electron chi connectivity index (χ1n) is 13.0. The molecule has 2 aromatic heterocycles. The molecule has 7 nitrogen and oxygen atoms in total. The molecular weight excluding hydrogens is 426 g/mol. The Bertz CT molecular complexity index is 1070. The SMILES string of the molecule is CC(C)[C@@H]1CN(C(=O)Cc2cn3c(C(=O)NC[C@@H]4CC[C@@H]5C[C@H]4C5(C)C)cccc3n2)CCN1. The number of carbonyl (C=O) groups excluding carboxylic acids is 2. The highest BCUT2D eigenvalue weighted by Gasteiger charge is 2.53. The minimum absolute atomic E-state index is 0.0676. The Kier molecular flexibility index (Phi) is 6.17. The van der Waals surface area contributed by atoms with Gasteiger partial charge in [0.1, 0.15) is 11.3 Å². The summed E-state index contributed by atoms with van der Waals surface area (Å²) in [6.45, 7) is 12.1. The van der Waals surface area contributed by atoms with E-state index in [-0.39, 0.29) is 18.2 Å². The summed E-state index contributed by atoms with van der Waals surface area (Å²) in [6, 6.07) is 5.92. The first-order chi connectivity index (χ1) is 16.2. The number of pyridine rings is 1. The lowest BCUT2D eigenvalue weighted by Gasteiger charge is -2.60. The van der Waals surface area contributed by atoms with Gasteiger partial charge in [0.25, 0.3) is 5.91 Å². The summed E-state index contributed by atoms with van der Waals surface area (Å²) in [7, 11) is 0. The smallest absolute Gasteiger partial charge is 0.268 e. The van der Waals surface area contributed by atoms with E-state index in [0.717, 1.165) is 32.1 Å². The van der Waals surface area contributed by atoms with Crippen molar-refractivity contribution in [2.24, 2.45) is 29.1 Å². The van der Waals surface area contributed by atoms with Crippen molar-refractivity contribution in [3.63, 3.8) is 0 Å². The average Bonchev–Trinajstić information content (AvgIpc) is 3.25. The number of hydrogen-bond donors (Lipinski definition) is 2. The lowest BCUT2D eigenvalue weighted by atomic mass is 9.45. The fraction of sp³-hybridized carbons (Fsp3) is 0.667. The van der Waals surface area contributed by atoms with Crippen molar-refractivity contribution in [1.29, 1.82) is 0 Å². The zero-order chi connectivity index (χ0) is 24.0. The lowest BCUT2D eigenvalue weighted by molar-refractivity contribution is -0.131. The highest BCUT2D eigenvalue weighted by molar-refractivity contribution is 5.93. The number of rotatable bonds is 6. The van der Waals surface area contributed by atoms with Gasteiger partial charge >= 0.3 is 0 Å². The number of fused-ring (bicyclic) bond motifs is 3. The van der Waals surface area contributed by atoms with Gasteiger partial charge in [0.05, 0.1) is 12.1 Å². The van der Waals surface area contributed by atoms with Crippen molar-refractivity contribution >= 4 is 17.5 Å². The molecule has 1 aliphatic heterocycles. The van der Waals surface area contributed by atoms with Gasteiger partial charge in [-0.3, -0.25) is 14.0 Å². The molecule has 6 rings (SSSR count). The van der Waals surface area contributed by atoms with Crippen molar-refractivity contribution in [3.05, 3.63) is 35.8 Å². The number of amides is 2. The van der Waals surface area contributed by atoms with Crippen molar-refractivity contribution in [3.8, 4) is 0 Å². The molecule has 4 fully saturated rings. The van der Waals surface area contributed by atoms with Crippen LogP contribution < -0.4 is 10.6 Å². The maximum atomic E-state index is 13.1. The van der Waals surface area contributed by atoms with Gasteiger partial charge in [-0.1, -0.05) is 33.8 Å². The number of aromatic nitrogens is 2. The number of hydrogen-bond acceptors (Lipinski definition) is 4. The van der Waals surface area contributed by atoms with Crippen LogP contribution in [0.2, 0.25) is 0 Å². The molecular formula is C27H39N5O2. The fourth-order valence-electron chi connectivity index (χ4n) is 6.57.